The summed E-state index contributed by atoms with van der Waals surface area (Å²) in [7, 11) is 1.91. The number of likely N-dealkylation sites (tertiary alicyclic amines) is 1. The molecule has 7 aliphatic rings. The summed E-state index contributed by atoms with van der Waals surface area (Å²) in [5.74, 6) is 2.46. The van der Waals surface area contributed by atoms with Crippen molar-refractivity contribution < 1.29 is 33.4 Å². The molecule has 0 bridgehead atoms. The Hall–Kier alpha value is -6.32. The first-order valence-corrected chi connectivity index (χ1v) is 23.3. The number of hydrogen-bond donors (Lipinski definition) is 3. The molecule has 3 aromatic carbocycles. The molecule has 2 saturated carbocycles. The average molecular weight is 886 g/mol. The molecule has 0 spiro atoms. The molecule has 4 N–H and O–H groups in total. The van der Waals surface area contributed by atoms with Gasteiger partial charge in [-0.05, 0) is 103 Å². The Kier molecular flexibility index (Phi) is 10.4. The molecular formula is C49H56FN9O6. The maximum Gasteiger partial charge on any atom is 0.319 e. The van der Waals surface area contributed by atoms with E-state index in [0.717, 1.165) is 80.2 Å². The summed E-state index contributed by atoms with van der Waals surface area (Å²) in [4.78, 5) is 48.9. The number of ether oxygens (including phenoxy) is 2. The first-order valence-electron chi connectivity index (χ1n) is 23.3. The van der Waals surface area contributed by atoms with Gasteiger partial charge < -0.3 is 44.8 Å². The summed E-state index contributed by atoms with van der Waals surface area (Å²) in [6.07, 6.45) is 5.60. The van der Waals surface area contributed by atoms with E-state index in [-0.39, 0.29) is 47.0 Å². The number of phenols is 1. The van der Waals surface area contributed by atoms with Gasteiger partial charge in [0.25, 0.3) is 0 Å². The number of aromatic nitrogens is 2. The molecule has 65 heavy (non-hydrogen) atoms. The van der Waals surface area contributed by atoms with Crippen LogP contribution in [0.1, 0.15) is 56.9 Å². The number of fused-ring (bicyclic) bond motifs is 1. The fraction of sp³-hybridized carbons (Fsp3) is 0.490. The number of nitrogen functional groups attached to an aromatic ring is 1. The van der Waals surface area contributed by atoms with Crippen LogP contribution in [0, 0.1) is 23.6 Å². The second-order valence-corrected chi connectivity index (χ2v) is 19.3. The highest BCUT2D eigenvalue weighted by atomic mass is 19.1. The molecule has 11 rings (SSSR count). The topological polar surface area (TPSA) is 170 Å². The summed E-state index contributed by atoms with van der Waals surface area (Å²) in [5, 5.41) is 21.5. The number of anilines is 4. The number of carbonyl (C=O) groups is 3. The number of urea groups is 1. The lowest BCUT2D eigenvalue weighted by Gasteiger charge is -2.71. The van der Waals surface area contributed by atoms with Crippen molar-refractivity contribution in [3.63, 3.8) is 0 Å². The van der Waals surface area contributed by atoms with Gasteiger partial charge >= 0.3 is 6.03 Å². The number of benzene rings is 3. The van der Waals surface area contributed by atoms with Crippen molar-refractivity contribution in [1.82, 2.24) is 25.3 Å². The Bertz CT molecular complexity index is 2510. The Balaban J connectivity index is 0.673. The molecule has 2 unspecified atom stereocenters. The molecule has 0 radical (unpaired) electrons. The average Bonchev–Trinajstić information content (AvgIpc) is 3.29. The van der Waals surface area contributed by atoms with Crippen LogP contribution in [0.15, 0.2) is 66.7 Å². The van der Waals surface area contributed by atoms with E-state index in [9.17, 15) is 19.5 Å². The van der Waals surface area contributed by atoms with Crippen LogP contribution in [0.3, 0.4) is 0 Å². The normalized spacial score (nSPS) is 26.6. The molecular weight excluding hydrogens is 830 g/mol. The van der Waals surface area contributed by atoms with Crippen molar-refractivity contribution >= 4 is 40.7 Å². The van der Waals surface area contributed by atoms with Crippen LogP contribution in [0.2, 0.25) is 0 Å². The minimum absolute atomic E-state index is 0.0262. The highest BCUT2D eigenvalue weighted by Crippen LogP contribution is 2.70. The zero-order valence-corrected chi connectivity index (χ0v) is 36.7. The third-order valence-corrected chi connectivity index (χ3v) is 15.7. The standard InChI is InChI=1S/C49H56FN9O6/c1-55(33-11-15-56(16-12-33)38-6-4-7-39-45(38)64-20-19-59(39)40-9-10-43(61)52-47(40)62)48(63)57-17-13-34(14-18-57)65-35-22-31(21-32(50)23-35)49-25-29-27-58(28-30(26-49)44(29)49)41-24-37(53-54-46(41)51)36-5-2-3-8-42(36)60/h2-8,21-24,29-30,33-34,40,44,60H,9-20,25-28H2,1H3,(H2,51,54)(H,52,61,62)/t29-,30+,40-,44?,49?/m0/s1. The molecule has 15 nitrogen and oxygen atoms in total. The molecule has 16 heteroatoms. The van der Waals surface area contributed by atoms with Crippen LogP contribution in [0.5, 0.6) is 17.2 Å². The van der Waals surface area contributed by atoms with E-state index in [4.69, 9.17) is 15.2 Å². The van der Waals surface area contributed by atoms with E-state index in [0.29, 0.717) is 92.5 Å². The monoisotopic (exact) mass is 885 g/mol. The zero-order chi connectivity index (χ0) is 44.6. The summed E-state index contributed by atoms with van der Waals surface area (Å²) in [6, 6.07) is 20.0. The maximum absolute atomic E-state index is 15.4. The summed E-state index contributed by atoms with van der Waals surface area (Å²) >= 11 is 0. The molecule has 5 aliphatic heterocycles. The number of imide groups is 1. The lowest BCUT2D eigenvalue weighted by Crippen LogP contribution is -2.71. The molecule has 340 valence electrons. The number of halogens is 1. The van der Waals surface area contributed by atoms with Gasteiger partial charge in [0, 0.05) is 83.3 Å². The summed E-state index contributed by atoms with van der Waals surface area (Å²) in [5.41, 5.74) is 11.2. The number of carbonyl (C=O) groups excluding carboxylic acids is 3. The number of nitrogens with two attached hydrogens (primary N) is 1. The lowest BCUT2D eigenvalue weighted by atomic mass is 9.35. The molecule has 2 aliphatic carbocycles. The predicted molar refractivity (Wildman–Crippen MR) is 243 cm³/mol. The van der Waals surface area contributed by atoms with Crippen molar-refractivity contribution in [3.05, 3.63) is 78.1 Å². The van der Waals surface area contributed by atoms with Gasteiger partial charge in [-0.1, -0.05) is 18.2 Å². The van der Waals surface area contributed by atoms with Gasteiger partial charge in [-0.2, -0.15) is 0 Å². The van der Waals surface area contributed by atoms with E-state index in [1.54, 1.807) is 18.2 Å². The molecule has 6 fully saturated rings. The maximum atomic E-state index is 15.4. The Morgan fingerprint density at radius 1 is 0.892 bits per heavy atom. The van der Waals surface area contributed by atoms with Crippen LogP contribution in [0.25, 0.3) is 11.3 Å². The smallest absolute Gasteiger partial charge is 0.319 e. The molecule has 4 aromatic rings. The van der Waals surface area contributed by atoms with Crippen LogP contribution < -0.4 is 35.2 Å². The van der Waals surface area contributed by atoms with Gasteiger partial charge in [0.1, 0.15) is 36.1 Å². The number of aromatic hydroxyl groups is 1. The van der Waals surface area contributed by atoms with Crippen LogP contribution in [0.4, 0.5) is 32.1 Å². The van der Waals surface area contributed by atoms with Crippen LogP contribution in [-0.2, 0) is 15.0 Å². The van der Waals surface area contributed by atoms with Crippen LogP contribution in [-0.4, -0.2) is 121 Å². The van der Waals surface area contributed by atoms with Crippen molar-refractivity contribution in [2.45, 2.75) is 75.0 Å². The van der Waals surface area contributed by atoms with Gasteiger partial charge in [0.05, 0.1) is 29.3 Å². The molecule has 4 amide bonds. The molecule has 4 saturated heterocycles. The van der Waals surface area contributed by atoms with Crippen LogP contribution >= 0.6 is 0 Å². The van der Waals surface area contributed by atoms with Gasteiger partial charge in [0.15, 0.2) is 11.6 Å². The molecule has 6 heterocycles. The second kappa shape index (κ2) is 16.3. The number of piperidine rings is 4. The summed E-state index contributed by atoms with van der Waals surface area (Å²) < 4.78 is 28.1. The molecule has 1 aromatic heterocycles. The number of phenolic OH excluding ortho intramolecular Hbond substituents is 1. The first-order chi connectivity index (χ1) is 31.5. The Labute approximate surface area is 377 Å². The highest BCUT2D eigenvalue weighted by molar-refractivity contribution is 6.02. The number of nitrogens with zero attached hydrogens (tertiary/aromatic N) is 7. The highest BCUT2D eigenvalue weighted by Gasteiger charge is 2.67. The largest absolute Gasteiger partial charge is 0.507 e. The summed E-state index contributed by atoms with van der Waals surface area (Å²) in [6.45, 7) is 5.37. The third kappa shape index (κ3) is 7.28. The minimum atomic E-state index is -0.406. The quantitative estimate of drug-likeness (QED) is 0.189. The predicted octanol–water partition coefficient (Wildman–Crippen LogP) is 5.55. The second-order valence-electron chi connectivity index (χ2n) is 19.3. The van der Waals surface area contributed by atoms with Gasteiger partial charge in [-0.25, -0.2) is 9.18 Å². The van der Waals surface area contributed by atoms with E-state index in [1.807, 2.05) is 47.2 Å². The number of amides is 4. The fourth-order valence-electron chi connectivity index (χ4n) is 12.6. The van der Waals surface area contributed by atoms with E-state index in [1.165, 1.54) is 6.07 Å². The van der Waals surface area contributed by atoms with Crippen molar-refractivity contribution in [3.8, 4) is 28.5 Å². The number of rotatable bonds is 8. The lowest BCUT2D eigenvalue weighted by molar-refractivity contribution is -0.134. The fourth-order valence-corrected chi connectivity index (χ4v) is 12.6. The van der Waals surface area contributed by atoms with Crippen molar-refractivity contribution in [1.29, 1.82) is 0 Å². The molecule has 5 atom stereocenters. The van der Waals surface area contributed by atoms with Crippen molar-refractivity contribution in [2.24, 2.45) is 17.8 Å². The number of nitrogens with one attached hydrogen (secondary N) is 1. The van der Waals surface area contributed by atoms with Gasteiger partial charge in [-0.15, -0.1) is 10.2 Å². The Morgan fingerprint density at radius 3 is 2.40 bits per heavy atom. The van der Waals surface area contributed by atoms with E-state index in [2.05, 4.69) is 42.3 Å². The van der Waals surface area contributed by atoms with E-state index >= 15 is 4.39 Å². The SMILES string of the molecule is CN(C(=O)N1CCC(Oc2cc(F)cc(C34C[C@H]5CN(c6cc(-c7ccccc7O)nnc6N)C[C@@H](C3)C54)c2)CC1)C1CCN(c2cccc3c2OCCN3[C@H]2CCC(=O)NC2=O)CC1. The minimum Gasteiger partial charge on any atom is -0.507 e. The Morgan fingerprint density at radius 2 is 1.65 bits per heavy atom. The number of para-hydroxylation sites is 2. The zero-order valence-electron chi connectivity index (χ0n) is 36.7. The first kappa shape index (κ1) is 41.4. The third-order valence-electron chi connectivity index (χ3n) is 15.7. The number of hydrogen-bond acceptors (Lipinski definition) is 12. The van der Waals surface area contributed by atoms with E-state index < -0.39 is 6.04 Å². The van der Waals surface area contributed by atoms with Crippen molar-refractivity contribution in [2.75, 3.05) is 79.9 Å². The van der Waals surface area contributed by atoms with Gasteiger partial charge in [-0.3, -0.25) is 14.9 Å². The van der Waals surface area contributed by atoms with Gasteiger partial charge in [0.2, 0.25) is 11.8 Å².